The number of nitrogens with zero attached hydrogens (tertiary/aromatic N) is 5. The number of halogens is 4. The van der Waals surface area contributed by atoms with E-state index in [1.165, 1.54) is 12.4 Å². The summed E-state index contributed by atoms with van der Waals surface area (Å²) in [7, 11) is 2.05. The van der Waals surface area contributed by atoms with E-state index in [-0.39, 0.29) is 17.0 Å². The third kappa shape index (κ3) is 4.91. The number of imidazole rings is 1. The number of aromatic amines is 1. The van der Waals surface area contributed by atoms with Crippen molar-refractivity contribution in [2.45, 2.75) is 62.6 Å². The quantitative estimate of drug-likeness (QED) is 0.259. The van der Waals surface area contributed by atoms with Gasteiger partial charge in [0.25, 0.3) is 0 Å². The summed E-state index contributed by atoms with van der Waals surface area (Å²) in [6, 6.07) is 4.17. The van der Waals surface area contributed by atoms with Crippen molar-refractivity contribution in [2.75, 3.05) is 19.3 Å². The molecule has 13 heteroatoms. The second-order valence-corrected chi connectivity index (χ2v) is 11.7. The van der Waals surface area contributed by atoms with Crippen LogP contribution in [-0.4, -0.2) is 71.5 Å². The third-order valence-electron chi connectivity index (χ3n) is 8.74. The molecule has 2 aliphatic rings. The first-order valence-electron chi connectivity index (χ1n) is 13.4. The highest BCUT2D eigenvalue weighted by atomic mass is 35.5. The van der Waals surface area contributed by atoms with Crippen molar-refractivity contribution in [1.82, 2.24) is 29.4 Å². The van der Waals surface area contributed by atoms with Crippen LogP contribution < -0.4 is 5.73 Å². The van der Waals surface area contributed by atoms with Crippen LogP contribution in [0.15, 0.2) is 30.7 Å². The minimum absolute atomic E-state index is 0.0929. The van der Waals surface area contributed by atoms with Crippen LogP contribution in [0.4, 0.5) is 19.0 Å². The predicted octanol–water partition coefficient (Wildman–Crippen LogP) is 4.19. The molecule has 0 spiro atoms. The van der Waals surface area contributed by atoms with E-state index in [9.17, 15) is 23.4 Å². The van der Waals surface area contributed by atoms with Gasteiger partial charge >= 0.3 is 6.18 Å². The van der Waals surface area contributed by atoms with E-state index >= 15 is 0 Å². The SMILES string of the molecule is CN(CC1CC(n2ccc3c(N)ncnc32)C(O)C1O)C1CC(CCc2nc3cc(Cl)c(C(F)(F)F)cc3[nH]2)C1. The number of aliphatic hydroxyl groups excluding tert-OH is 2. The number of benzene rings is 1. The van der Waals surface area contributed by atoms with Gasteiger partial charge in [-0.15, -0.1) is 0 Å². The number of nitrogens with two attached hydrogens (primary N) is 1. The lowest BCUT2D eigenvalue weighted by atomic mass is 9.76. The summed E-state index contributed by atoms with van der Waals surface area (Å²) in [6.07, 6.45) is 1.08. The summed E-state index contributed by atoms with van der Waals surface area (Å²) in [5.74, 6) is 1.43. The number of hydrogen-bond acceptors (Lipinski definition) is 7. The van der Waals surface area contributed by atoms with E-state index in [1.807, 2.05) is 23.9 Å². The lowest BCUT2D eigenvalue weighted by molar-refractivity contribution is -0.137. The maximum atomic E-state index is 13.2. The first-order chi connectivity index (χ1) is 19.0. The van der Waals surface area contributed by atoms with Crippen LogP contribution in [0.2, 0.25) is 5.02 Å². The van der Waals surface area contributed by atoms with Gasteiger partial charge in [-0.2, -0.15) is 13.2 Å². The monoisotopic (exact) mass is 577 g/mol. The first kappa shape index (κ1) is 27.3. The summed E-state index contributed by atoms with van der Waals surface area (Å²) in [5, 5.41) is 22.1. The largest absolute Gasteiger partial charge is 0.417 e. The molecule has 4 unspecified atom stereocenters. The second kappa shape index (κ2) is 10.2. The van der Waals surface area contributed by atoms with Crippen molar-refractivity contribution in [2.24, 2.45) is 11.8 Å². The number of anilines is 1. The first-order valence-corrected chi connectivity index (χ1v) is 13.8. The van der Waals surface area contributed by atoms with Gasteiger partial charge in [0.05, 0.1) is 39.2 Å². The molecule has 3 heterocycles. The smallest absolute Gasteiger partial charge is 0.390 e. The number of nitrogens with one attached hydrogen (secondary N) is 1. The zero-order valence-electron chi connectivity index (χ0n) is 21.8. The zero-order valence-corrected chi connectivity index (χ0v) is 22.6. The Morgan fingerprint density at radius 2 is 1.95 bits per heavy atom. The fraction of sp³-hybridized carbons (Fsp3) is 0.519. The van der Waals surface area contributed by atoms with E-state index in [2.05, 4.69) is 24.8 Å². The number of alkyl halides is 3. The highest BCUT2D eigenvalue weighted by Gasteiger charge is 2.44. The Kier molecular flexibility index (Phi) is 6.92. The normalized spacial score (nSPS) is 27.2. The maximum absolute atomic E-state index is 13.2. The highest BCUT2D eigenvalue weighted by molar-refractivity contribution is 6.32. The van der Waals surface area contributed by atoms with Crippen LogP contribution in [0.3, 0.4) is 0 Å². The molecular weight excluding hydrogens is 547 g/mol. The molecule has 0 bridgehead atoms. The topological polar surface area (TPSA) is 129 Å². The van der Waals surface area contributed by atoms with Crippen molar-refractivity contribution < 1.29 is 23.4 Å². The van der Waals surface area contributed by atoms with Gasteiger partial charge in [0.1, 0.15) is 29.7 Å². The summed E-state index contributed by atoms with van der Waals surface area (Å²) in [4.78, 5) is 18.1. The lowest BCUT2D eigenvalue weighted by Crippen LogP contribution is -2.46. The van der Waals surface area contributed by atoms with Crippen LogP contribution in [-0.2, 0) is 12.6 Å². The number of aliphatic hydroxyl groups is 2. The molecule has 0 aliphatic heterocycles. The lowest BCUT2D eigenvalue weighted by Gasteiger charge is -2.42. The molecule has 4 atom stereocenters. The number of fused-ring (bicyclic) bond motifs is 2. The molecule has 2 aliphatic carbocycles. The fourth-order valence-corrected chi connectivity index (χ4v) is 6.66. The molecule has 0 radical (unpaired) electrons. The van der Waals surface area contributed by atoms with Crippen molar-refractivity contribution in [1.29, 1.82) is 0 Å². The van der Waals surface area contributed by atoms with Gasteiger partial charge in [-0.1, -0.05) is 11.6 Å². The van der Waals surface area contributed by atoms with Gasteiger partial charge in [-0.25, -0.2) is 15.0 Å². The Hall–Kier alpha value is -2.93. The molecule has 5 N–H and O–H groups in total. The number of aromatic nitrogens is 5. The van der Waals surface area contributed by atoms with E-state index in [1.54, 1.807) is 0 Å². The average molecular weight is 578 g/mol. The zero-order chi connectivity index (χ0) is 28.3. The number of H-pyrrole nitrogens is 1. The Morgan fingerprint density at radius 1 is 1.18 bits per heavy atom. The summed E-state index contributed by atoms with van der Waals surface area (Å²) >= 11 is 5.82. The Labute approximate surface area is 233 Å². The van der Waals surface area contributed by atoms with E-state index < -0.39 is 23.9 Å². The van der Waals surface area contributed by atoms with Gasteiger partial charge in [-0.3, -0.25) is 0 Å². The molecule has 0 saturated heterocycles. The molecule has 1 aromatic carbocycles. The molecule has 2 saturated carbocycles. The molecule has 9 nitrogen and oxygen atoms in total. The number of hydrogen-bond donors (Lipinski definition) is 4. The van der Waals surface area contributed by atoms with Crippen LogP contribution in [0.25, 0.3) is 22.1 Å². The summed E-state index contributed by atoms with van der Waals surface area (Å²) < 4.78 is 41.4. The molecule has 40 heavy (non-hydrogen) atoms. The standard InChI is InChI=1S/C27H31ClF3N7O2/c1-37(11-14-8-21(24(40)23(14)39)38-5-4-16-25(32)33-12-34-26(16)38)15-6-13(7-15)2-3-22-35-19-9-17(27(29,30)31)18(28)10-20(19)36-22/h4-5,9-10,12-15,21,23-24,39-40H,2-3,6-8,11H2,1H3,(H,35,36)(H2,32,33,34). The summed E-state index contributed by atoms with van der Waals surface area (Å²) in [5.41, 5.74) is 6.50. The van der Waals surface area contributed by atoms with Crippen LogP contribution in [0.1, 0.15) is 43.1 Å². The minimum Gasteiger partial charge on any atom is -0.390 e. The molecule has 6 rings (SSSR count). The number of aryl methyl sites for hydroxylation is 1. The average Bonchev–Trinajstić information content (AvgIpc) is 3.54. The molecule has 214 valence electrons. The minimum atomic E-state index is -4.52. The molecule has 2 fully saturated rings. The molecular formula is C27H31ClF3N7O2. The fourth-order valence-electron chi connectivity index (χ4n) is 6.39. The van der Waals surface area contributed by atoms with Crippen molar-refractivity contribution >= 4 is 39.5 Å². The van der Waals surface area contributed by atoms with Gasteiger partial charge < -0.3 is 30.4 Å². The van der Waals surface area contributed by atoms with Gasteiger partial charge in [0.2, 0.25) is 0 Å². The van der Waals surface area contributed by atoms with Crippen molar-refractivity contribution in [3.63, 3.8) is 0 Å². The molecule has 4 aromatic rings. The van der Waals surface area contributed by atoms with E-state index in [4.69, 9.17) is 17.3 Å². The van der Waals surface area contributed by atoms with Gasteiger partial charge in [0.15, 0.2) is 0 Å². The van der Waals surface area contributed by atoms with Crippen molar-refractivity contribution in [3.05, 3.63) is 47.1 Å². The Morgan fingerprint density at radius 3 is 2.70 bits per heavy atom. The number of nitrogen functional groups attached to an aromatic ring is 1. The van der Waals surface area contributed by atoms with Gasteiger partial charge in [0, 0.05) is 31.1 Å². The Bertz CT molecular complexity index is 1530. The molecule has 3 aromatic heterocycles. The van der Waals surface area contributed by atoms with Crippen LogP contribution in [0.5, 0.6) is 0 Å². The van der Waals surface area contributed by atoms with Gasteiger partial charge in [-0.05, 0) is 56.8 Å². The predicted molar refractivity (Wildman–Crippen MR) is 145 cm³/mol. The highest BCUT2D eigenvalue weighted by Crippen LogP contribution is 2.41. The Balaban J connectivity index is 1.02. The molecule has 0 amide bonds. The van der Waals surface area contributed by atoms with E-state index in [0.29, 0.717) is 59.7 Å². The van der Waals surface area contributed by atoms with Crippen LogP contribution >= 0.6 is 11.6 Å². The van der Waals surface area contributed by atoms with Crippen molar-refractivity contribution in [3.8, 4) is 0 Å². The van der Waals surface area contributed by atoms with E-state index in [0.717, 1.165) is 30.7 Å². The van der Waals surface area contributed by atoms with Crippen LogP contribution in [0, 0.1) is 11.8 Å². The second-order valence-electron chi connectivity index (χ2n) is 11.3. The maximum Gasteiger partial charge on any atom is 0.417 e. The third-order valence-corrected chi connectivity index (χ3v) is 9.05. The number of rotatable bonds is 7. The summed E-state index contributed by atoms with van der Waals surface area (Å²) in [6.45, 7) is 0.661.